The number of carbonyl (C=O) groups is 2. The number of aryl methyl sites for hydroxylation is 2. The van der Waals surface area contributed by atoms with Crippen LogP contribution in [0.5, 0.6) is 0 Å². The lowest BCUT2D eigenvalue weighted by molar-refractivity contribution is -0.113. The molecular weight excluding hydrogens is 440 g/mol. The summed E-state index contributed by atoms with van der Waals surface area (Å²) in [5.41, 5.74) is 5.21. The summed E-state index contributed by atoms with van der Waals surface area (Å²) in [6.07, 6.45) is 0. The van der Waals surface area contributed by atoms with E-state index in [4.69, 9.17) is 0 Å². The Labute approximate surface area is 194 Å². The van der Waals surface area contributed by atoms with Gasteiger partial charge in [-0.15, -0.1) is 11.3 Å². The summed E-state index contributed by atoms with van der Waals surface area (Å²) >= 11 is 2.89. The maximum Gasteiger partial charge on any atom is 0.323 e. The highest BCUT2D eigenvalue weighted by atomic mass is 32.2. The second-order valence-electron chi connectivity index (χ2n) is 7.26. The highest BCUT2D eigenvalue weighted by Gasteiger charge is 2.10. The van der Waals surface area contributed by atoms with E-state index < -0.39 is 0 Å². The van der Waals surface area contributed by atoms with E-state index in [1.165, 1.54) is 23.1 Å². The number of carbonyl (C=O) groups excluding carboxylic acids is 2. The lowest BCUT2D eigenvalue weighted by atomic mass is 10.2. The number of hydrogen-bond donors (Lipinski definition) is 3. The number of benzene rings is 3. The molecule has 0 fully saturated rings. The van der Waals surface area contributed by atoms with Crippen LogP contribution in [-0.4, -0.2) is 22.7 Å². The fourth-order valence-corrected chi connectivity index (χ4v) is 4.91. The molecule has 3 aromatic carbocycles. The molecule has 0 radical (unpaired) electrons. The topological polar surface area (TPSA) is 83.1 Å². The van der Waals surface area contributed by atoms with Crippen molar-refractivity contribution in [3.63, 3.8) is 0 Å². The Morgan fingerprint density at radius 1 is 0.906 bits per heavy atom. The van der Waals surface area contributed by atoms with Crippen LogP contribution in [0.25, 0.3) is 10.2 Å². The smallest absolute Gasteiger partial charge is 0.323 e. The van der Waals surface area contributed by atoms with Crippen molar-refractivity contribution in [1.82, 2.24) is 4.98 Å². The van der Waals surface area contributed by atoms with Crippen LogP contribution in [0.3, 0.4) is 0 Å². The van der Waals surface area contributed by atoms with Crippen molar-refractivity contribution in [3.05, 3.63) is 77.9 Å². The summed E-state index contributed by atoms with van der Waals surface area (Å²) in [4.78, 5) is 29.1. The molecule has 0 aliphatic rings. The number of thiazole rings is 1. The molecule has 4 rings (SSSR count). The maximum atomic E-state index is 12.3. The number of fused-ring (bicyclic) bond motifs is 1. The molecule has 4 aromatic rings. The van der Waals surface area contributed by atoms with Crippen molar-refractivity contribution in [2.45, 2.75) is 18.2 Å². The van der Waals surface area contributed by atoms with Gasteiger partial charge in [0.1, 0.15) is 0 Å². The molecule has 162 valence electrons. The van der Waals surface area contributed by atoms with Gasteiger partial charge in [0.15, 0.2) is 4.34 Å². The molecule has 1 heterocycles. The lowest BCUT2D eigenvalue weighted by Gasteiger charge is -2.09. The minimum atomic E-state index is -0.300. The Kier molecular flexibility index (Phi) is 6.72. The Morgan fingerprint density at radius 3 is 2.44 bits per heavy atom. The number of hydrogen-bond acceptors (Lipinski definition) is 5. The number of urea groups is 1. The first kappa shape index (κ1) is 21.9. The van der Waals surface area contributed by atoms with Crippen molar-refractivity contribution in [2.75, 3.05) is 21.7 Å². The molecule has 3 N–H and O–H groups in total. The lowest BCUT2D eigenvalue weighted by Crippen LogP contribution is -2.19. The largest absolute Gasteiger partial charge is 0.325 e. The molecule has 1 aromatic heterocycles. The molecule has 0 atom stereocenters. The van der Waals surface area contributed by atoms with Gasteiger partial charge in [-0.2, -0.15) is 0 Å². The van der Waals surface area contributed by atoms with Gasteiger partial charge in [0, 0.05) is 17.1 Å². The predicted octanol–water partition coefficient (Wildman–Crippen LogP) is 6.29. The molecule has 0 saturated heterocycles. The molecule has 0 bridgehead atoms. The van der Waals surface area contributed by atoms with Crippen LogP contribution in [0.2, 0.25) is 0 Å². The molecule has 0 unspecified atom stereocenters. The first-order valence-electron chi connectivity index (χ1n) is 10.00. The van der Waals surface area contributed by atoms with Crippen molar-refractivity contribution in [2.24, 2.45) is 0 Å². The van der Waals surface area contributed by atoms with E-state index in [9.17, 15) is 9.59 Å². The van der Waals surface area contributed by atoms with Gasteiger partial charge in [-0.25, -0.2) is 9.78 Å². The number of para-hydroxylation sites is 1. The zero-order chi connectivity index (χ0) is 22.5. The van der Waals surface area contributed by atoms with E-state index in [0.29, 0.717) is 5.69 Å². The van der Waals surface area contributed by atoms with Crippen molar-refractivity contribution >= 4 is 62.3 Å². The first-order chi connectivity index (χ1) is 15.5. The van der Waals surface area contributed by atoms with Crippen LogP contribution < -0.4 is 16.0 Å². The van der Waals surface area contributed by atoms with E-state index in [2.05, 4.69) is 20.9 Å². The molecule has 0 aliphatic heterocycles. The number of aromatic nitrogens is 1. The Hall–Kier alpha value is -3.36. The summed E-state index contributed by atoms with van der Waals surface area (Å²) in [5, 5.41) is 8.61. The number of rotatable bonds is 6. The molecule has 8 heteroatoms. The first-order valence-corrected chi connectivity index (χ1v) is 11.8. The number of amides is 3. The van der Waals surface area contributed by atoms with Crippen LogP contribution in [0.1, 0.15) is 11.1 Å². The number of nitrogens with zero attached hydrogens (tertiary/aromatic N) is 1. The zero-order valence-electron chi connectivity index (χ0n) is 17.6. The van der Waals surface area contributed by atoms with E-state index in [0.717, 1.165) is 37.1 Å². The standard InChI is InChI=1S/C24H22N4O2S2/c1-15-7-9-17(10-8-15)25-22(29)14-31-24-28-20-12-11-18(13-21(20)32-24)26-23(30)27-19-6-4-3-5-16(19)2/h3-13H,14H2,1-2H3,(H,25,29)(H2,26,27,30). The third-order valence-electron chi connectivity index (χ3n) is 4.68. The summed E-state index contributed by atoms with van der Waals surface area (Å²) in [5.74, 6) is 0.200. The molecule has 32 heavy (non-hydrogen) atoms. The number of nitrogens with one attached hydrogen (secondary N) is 3. The highest BCUT2D eigenvalue weighted by molar-refractivity contribution is 8.01. The Morgan fingerprint density at radius 2 is 1.66 bits per heavy atom. The quantitative estimate of drug-likeness (QED) is 0.294. The van der Waals surface area contributed by atoms with Gasteiger partial charge in [0.2, 0.25) is 5.91 Å². The van der Waals surface area contributed by atoms with Crippen LogP contribution in [-0.2, 0) is 4.79 Å². The van der Waals surface area contributed by atoms with Crippen LogP contribution in [0, 0.1) is 13.8 Å². The van der Waals surface area contributed by atoms with Gasteiger partial charge < -0.3 is 16.0 Å². The third kappa shape index (κ3) is 5.66. The second kappa shape index (κ2) is 9.84. The van der Waals surface area contributed by atoms with Crippen molar-refractivity contribution < 1.29 is 9.59 Å². The van der Waals surface area contributed by atoms with Crippen LogP contribution >= 0.6 is 23.1 Å². The zero-order valence-corrected chi connectivity index (χ0v) is 19.3. The summed E-state index contributed by atoms with van der Waals surface area (Å²) < 4.78 is 1.75. The maximum absolute atomic E-state index is 12.3. The fourth-order valence-electron chi connectivity index (χ4n) is 3.00. The number of thioether (sulfide) groups is 1. The molecule has 0 saturated carbocycles. The summed E-state index contributed by atoms with van der Waals surface area (Å²) in [6.45, 7) is 3.95. The van der Waals surface area contributed by atoms with E-state index in [-0.39, 0.29) is 17.7 Å². The second-order valence-corrected chi connectivity index (χ2v) is 9.51. The van der Waals surface area contributed by atoms with E-state index in [1.54, 1.807) is 0 Å². The highest BCUT2D eigenvalue weighted by Crippen LogP contribution is 2.31. The van der Waals surface area contributed by atoms with Crippen molar-refractivity contribution in [1.29, 1.82) is 0 Å². The molecule has 6 nitrogen and oxygen atoms in total. The van der Waals surface area contributed by atoms with E-state index >= 15 is 0 Å². The summed E-state index contributed by atoms with van der Waals surface area (Å²) in [7, 11) is 0. The van der Waals surface area contributed by atoms with Crippen LogP contribution in [0.15, 0.2) is 71.1 Å². The van der Waals surface area contributed by atoms with Crippen LogP contribution in [0.4, 0.5) is 21.9 Å². The minimum Gasteiger partial charge on any atom is -0.325 e. The molecule has 0 aliphatic carbocycles. The third-order valence-corrected chi connectivity index (χ3v) is 6.84. The Bertz CT molecular complexity index is 1270. The van der Waals surface area contributed by atoms with Gasteiger partial charge in [-0.1, -0.05) is 47.7 Å². The molecule has 3 amide bonds. The normalized spacial score (nSPS) is 10.7. The average molecular weight is 463 g/mol. The molecule has 0 spiro atoms. The van der Waals surface area contributed by atoms with E-state index in [1.807, 2.05) is 80.6 Å². The number of anilines is 3. The average Bonchev–Trinajstić information content (AvgIpc) is 3.18. The van der Waals surface area contributed by atoms with Gasteiger partial charge in [0.05, 0.1) is 16.0 Å². The van der Waals surface area contributed by atoms with Gasteiger partial charge in [-0.05, 0) is 55.8 Å². The van der Waals surface area contributed by atoms with Gasteiger partial charge >= 0.3 is 6.03 Å². The predicted molar refractivity (Wildman–Crippen MR) is 134 cm³/mol. The monoisotopic (exact) mass is 462 g/mol. The Balaban J connectivity index is 1.35. The van der Waals surface area contributed by atoms with Crippen molar-refractivity contribution in [3.8, 4) is 0 Å². The fraction of sp³-hybridized carbons (Fsp3) is 0.125. The van der Waals surface area contributed by atoms with Gasteiger partial charge in [-0.3, -0.25) is 4.79 Å². The molecular formula is C24H22N4O2S2. The van der Waals surface area contributed by atoms with Gasteiger partial charge in [0.25, 0.3) is 0 Å². The summed E-state index contributed by atoms with van der Waals surface area (Å²) in [6, 6.07) is 20.6. The SMILES string of the molecule is Cc1ccc(NC(=O)CSc2nc3ccc(NC(=O)Nc4ccccc4C)cc3s2)cc1. The minimum absolute atomic E-state index is 0.0756.